The molecule has 2 heterocycles. The molecule has 0 amide bonds. The molecule has 0 unspecified atom stereocenters. The van der Waals surface area contributed by atoms with E-state index in [1.165, 1.54) is 0 Å². The lowest BCUT2D eigenvalue weighted by atomic mass is 10.1. The van der Waals surface area contributed by atoms with Crippen molar-refractivity contribution >= 4 is 11.5 Å². The smallest absolute Gasteiger partial charge is 0.129 e. The van der Waals surface area contributed by atoms with Crippen LogP contribution in [0.4, 0.5) is 5.69 Å². The predicted octanol–water partition coefficient (Wildman–Crippen LogP) is 1.01. The molecule has 0 saturated carbocycles. The fourth-order valence-electron chi connectivity index (χ4n) is 1.91. The first-order valence-electron chi connectivity index (χ1n) is 5.82. The van der Waals surface area contributed by atoms with E-state index in [1.807, 2.05) is 6.07 Å². The van der Waals surface area contributed by atoms with Gasteiger partial charge in [0.25, 0.3) is 0 Å². The number of hydrogen-bond donors (Lipinski definition) is 2. The van der Waals surface area contributed by atoms with Crippen LogP contribution in [0.1, 0.15) is 18.4 Å². The molecule has 2 rings (SSSR count). The Balaban J connectivity index is 2.14. The van der Waals surface area contributed by atoms with E-state index in [4.69, 9.17) is 10.5 Å². The minimum atomic E-state index is 0.439. The van der Waals surface area contributed by atoms with Crippen molar-refractivity contribution in [2.45, 2.75) is 18.9 Å². The SMILES string of the molecule is CN=C(N)c1cnccc1NC1CCOCC1. The summed E-state index contributed by atoms with van der Waals surface area (Å²) in [5, 5.41) is 3.48. The Labute approximate surface area is 101 Å². The van der Waals surface area contributed by atoms with E-state index < -0.39 is 0 Å². The van der Waals surface area contributed by atoms with Gasteiger partial charge in [-0.1, -0.05) is 0 Å². The molecule has 0 radical (unpaired) electrons. The number of amidine groups is 1. The van der Waals surface area contributed by atoms with Crippen molar-refractivity contribution in [3.8, 4) is 0 Å². The van der Waals surface area contributed by atoms with Gasteiger partial charge in [-0.2, -0.15) is 0 Å². The second-order valence-electron chi connectivity index (χ2n) is 4.06. The average molecular weight is 234 g/mol. The Morgan fingerprint density at radius 3 is 3.00 bits per heavy atom. The van der Waals surface area contributed by atoms with Gasteiger partial charge in [0.1, 0.15) is 5.84 Å². The molecule has 1 aliphatic heterocycles. The largest absolute Gasteiger partial charge is 0.383 e. The number of pyridine rings is 1. The van der Waals surface area contributed by atoms with Gasteiger partial charge in [-0.05, 0) is 18.9 Å². The molecule has 92 valence electrons. The highest BCUT2D eigenvalue weighted by Crippen LogP contribution is 2.18. The van der Waals surface area contributed by atoms with Gasteiger partial charge in [0.2, 0.25) is 0 Å². The molecule has 5 heteroatoms. The molecule has 3 N–H and O–H groups in total. The zero-order valence-electron chi connectivity index (χ0n) is 10.0. The van der Waals surface area contributed by atoms with E-state index in [2.05, 4.69) is 15.3 Å². The van der Waals surface area contributed by atoms with Crippen molar-refractivity contribution < 1.29 is 4.74 Å². The number of nitrogens with zero attached hydrogens (tertiary/aromatic N) is 2. The molecule has 1 aliphatic rings. The van der Waals surface area contributed by atoms with E-state index in [-0.39, 0.29) is 0 Å². The van der Waals surface area contributed by atoms with Gasteiger partial charge < -0.3 is 15.8 Å². The lowest BCUT2D eigenvalue weighted by Gasteiger charge is -2.25. The summed E-state index contributed by atoms with van der Waals surface area (Å²) >= 11 is 0. The van der Waals surface area contributed by atoms with Gasteiger partial charge in [-0.15, -0.1) is 0 Å². The van der Waals surface area contributed by atoms with E-state index in [0.717, 1.165) is 37.3 Å². The van der Waals surface area contributed by atoms with Gasteiger partial charge in [-0.3, -0.25) is 9.98 Å². The van der Waals surface area contributed by atoms with Crippen LogP contribution in [-0.4, -0.2) is 37.1 Å². The third kappa shape index (κ3) is 2.94. The molecule has 0 bridgehead atoms. The van der Waals surface area contributed by atoms with Crippen molar-refractivity contribution in [3.05, 3.63) is 24.0 Å². The Kier molecular flexibility index (Phi) is 3.93. The molecular formula is C12H18N4O. The molecule has 0 spiro atoms. The number of nitrogens with one attached hydrogen (secondary N) is 1. The Morgan fingerprint density at radius 2 is 2.29 bits per heavy atom. The van der Waals surface area contributed by atoms with E-state index >= 15 is 0 Å². The second-order valence-corrected chi connectivity index (χ2v) is 4.06. The van der Waals surface area contributed by atoms with Crippen LogP contribution in [0.3, 0.4) is 0 Å². The number of rotatable bonds is 3. The quantitative estimate of drug-likeness (QED) is 0.604. The molecule has 0 aromatic carbocycles. The molecule has 5 nitrogen and oxygen atoms in total. The second kappa shape index (κ2) is 5.63. The van der Waals surface area contributed by atoms with Crippen molar-refractivity contribution in [2.24, 2.45) is 10.7 Å². The van der Waals surface area contributed by atoms with Gasteiger partial charge >= 0.3 is 0 Å². The fraction of sp³-hybridized carbons (Fsp3) is 0.500. The lowest BCUT2D eigenvalue weighted by molar-refractivity contribution is 0.0904. The van der Waals surface area contributed by atoms with Crippen LogP contribution in [0.5, 0.6) is 0 Å². The van der Waals surface area contributed by atoms with E-state index in [0.29, 0.717) is 11.9 Å². The van der Waals surface area contributed by atoms with Crippen molar-refractivity contribution in [2.75, 3.05) is 25.6 Å². The maximum Gasteiger partial charge on any atom is 0.129 e. The molecule has 17 heavy (non-hydrogen) atoms. The van der Waals surface area contributed by atoms with E-state index in [9.17, 15) is 0 Å². The minimum Gasteiger partial charge on any atom is -0.383 e. The summed E-state index contributed by atoms with van der Waals surface area (Å²) in [5.41, 5.74) is 7.70. The fourth-order valence-corrected chi connectivity index (χ4v) is 1.91. The Hall–Kier alpha value is -1.62. The highest BCUT2D eigenvalue weighted by Gasteiger charge is 2.15. The Morgan fingerprint density at radius 1 is 1.53 bits per heavy atom. The zero-order chi connectivity index (χ0) is 12.1. The first kappa shape index (κ1) is 11.9. The lowest BCUT2D eigenvalue weighted by Crippen LogP contribution is -2.29. The third-order valence-corrected chi connectivity index (χ3v) is 2.92. The van der Waals surface area contributed by atoms with Gasteiger partial charge in [0, 0.05) is 44.4 Å². The maximum absolute atomic E-state index is 5.85. The molecule has 0 aliphatic carbocycles. The summed E-state index contributed by atoms with van der Waals surface area (Å²) in [5.74, 6) is 0.507. The van der Waals surface area contributed by atoms with Gasteiger partial charge in [0.05, 0.1) is 5.56 Å². The molecule has 1 aromatic rings. The number of nitrogens with two attached hydrogens (primary N) is 1. The number of aromatic nitrogens is 1. The highest BCUT2D eigenvalue weighted by molar-refractivity contribution is 6.02. The molecular weight excluding hydrogens is 216 g/mol. The standard InChI is InChI=1S/C12H18N4O/c1-14-12(13)10-8-15-5-2-11(10)16-9-3-6-17-7-4-9/h2,5,8-9H,3-4,6-7H2,1H3,(H2,13,14)(H,15,16). The molecule has 1 aromatic heterocycles. The summed E-state index contributed by atoms with van der Waals surface area (Å²) in [6.07, 6.45) is 5.54. The maximum atomic E-state index is 5.85. The Bertz CT molecular complexity index is 399. The zero-order valence-corrected chi connectivity index (χ0v) is 10.0. The van der Waals surface area contributed by atoms with Crippen LogP contribution in [0.2, 0.25) is 0 Å². The van der Waals surface area contributed by atoms with Crippen LogP contribution in [0.15, 0.2) is 23.5 Å². The third-order valence-electron chi connectivity index (χ3n) is 2.92. The van der Waals surface area contributed by atoms with Crippen LogP contribution < -0.4 is 11.1 Å². The highest BCUT2D eigenvalue weighted by atomic mass is 16.5. The van der Waals surface area contributed by atoms with Crippen LogP contribution in [-0.2, 0) is 4.74 Å². The first-order chi connectivity index (χ1) is 8.31. The number of ether oxygens (including phenoxy) is 1. The first-order valence-corrected chi connectivity index (χ1v) is 5.82. The number of anilines is 1. The number of aliphatic imine (C=N–C) groups is 1. The molecule has 1 fully saturated rings. The topological polar surface area (TPSA) is 72.5 Å². The summed E-state index contributed by atoms with van der Waals surface area (Å²) < 4.78 is 5.34. The van der Waals surface area contributed by atoms with Gasteiger partial charge in [0.15, 0.2) is 0 Å². The summed E-state index contributed by atoms with van der Waals surface area (Å²) in [6, 6.07) is 2.37. The van der Waals surface area contributed by atoms with Crippen molar-refractivity contribution in [1.29, 1.82) is 0 Å². The van der Waals surface area contributed by atoms with E-state index in [1.54, 1.807) is 19.4 Å². The predicted molar refractivity (Wildman–Crippen MR) is 68.3 cm³/mol. The van der Waals surface area contributed by atoms with Crippen LogP contribution in [0.25, 0.3) is 0 Å². The summed E-state index contributed by atoms with van der Waals surface area (Å²) in [6.45, 7) is 1.63. The van der Waals surface area contributed by atoms with Crippen molar-refractivity contribution in [1.82, 2.24) is 4.98 Å². The summed E-state index contributed by atoms with van der Waals surface area (Å²) in [7, 11) is 1.68. The molecule has 0 atom stereocenters. The monoisotopic (exact) mass is 234 g/mol. The van der Waals surface area contributed by atoms with Crippen molar-refractivity contribution in [3.63, 3.8) is 0 Å². The van der Waals surface area contributed by atoms with Crippen LogP contribution in [0, 0.1) is 0 Å². The molecule has 1 saturated heterocycles. The normalized spacial score (nSPS) is 18.1. The average Bonchev–Trinajstić information content (AvgIpc) is 2.40. The number of hydrogen-bond acceptors (Lipinski definition) is 4. The minimum absolute atomic E-state index is 0.439. The van der Waals surface area contributed by atoms with Gasteiger partial charge in [-0.25, -0.2) is 0 Å². The van der Waals surface area contributed by atoms with Crippen LogP contribution >= 0.6 is 0 Å². The summed E-state index contributed by atoms with van der Waals surface area (Å²) in [4.78, 5) is 8.08.